The molecule has 7 heteroatoms. The molecule has 3 rings (SSSR count). The second-order valence-electron chi connectivity index (χ2n) is 7.70. The molecule has 2 saturated heterocycles. The average Bonchev–Trinajstić information content (AvgIpc) is 2.56. The summed E-state index contributed by atoms with van der Waals surface area (Å²) in [4.78, 5) is 14.9. The molecule has 4 unspecified atom stereocenters. The molecule has 0 saturated carbocycles. The maximum atomic E-state index is 12.5. The molecule has 1 aromatic rings. The van der Waals surface area contributed by atoms with Crippen LogP contribution in [0.1, 0.15) is 43.1 Å². The molecule has 5 nitrogen and oxygen atoms in total. The third-order valence-electron chi connectivity index (χ3n) is 5.22. The Bertz CT molecular complexity index is 575. The van der Waals surface area contributed by atoms with Gasteiger partial charge in [-0.1, -0.05) is 19.1 Å². The second kappa shape index (κ2) is 11.2. The standard InChI is InChI=1S/C20H31N3O2.2ClH/c1-14-10-21-9-8-19(14)22-20(24)18-6-4-17(5-7-18)13-23-11-15(2)25-16(3)12-23;;/h4-7,14-16,19,21H,8-13H2,1-3H3,(H,22,24);2*1H. The number of hydrogen-bond acceptors (Lipinski definition) is 4. The Morgan fingerprint density at radius 1 is 1.15 bits per heavy atom. The number of carbonyl (C=O) groups excluding carboxylic acids is 1. The molecule has 0 spiro atoms. The van der Waals surface area contributed by atoms with Gasteiger partial charge in [-0.2, -0.15) is 0 Å². The minimum atomic E-state index is 0. The van der Waals surface area contributed by atoms with Crippen molar-refractivity contribution in [2.45, 2.75) is 52.0 Å². The average molecular weight is 418 g/mol. The third-order valence-corrected chi connectivity index (χ3v) is 5.22. The molecule has 1 amide bonds. The van der Waals surface area contributed by atoms with E-state index in [4.69, 9.17) is 4.74 Å². The van der Waals surface area contributed by atoms with Crippen molar-refractivity contribution < 1.29 is 9.53 Å². The highest BCUT2D eigenvalue weighted by Crippen LogP contribution is 2.16. The normalized spacial score (nSPS) is 28.6. The van der Waals surface area contributed by atoms with Crippen LogP contribution in [-0.4, -0.2) is 55.2 Å². The minimum absolute atomic E-state index is 0. The van der Waals surface area contributed by atoms with E-state index in [1.54, 1.807) is 0 Å². The molecule has 0 radical (unpaired) electrons. The van der Waals surface area contributed by atoms with Crippen molar-refractivity contribution >= 4 is 30.7 Å². The molecule has 2 aliphatic heterocycles. The van der Waals surface area contributed by atoms with E-state index >= 15 is 0 Å². The number of nitrogens with zero attached hydrogens (tertiary/aromatic N) is 1. The lowest BCUT2D eigenvalue weighted by molar-refractivity contribution is -0.0704. The molecular weight excluding hydrogens is 385 g/mol. The monoisotopic (exact) mass is 417 g/mol. The summed E-state index contributed by atoms with van der Waals surface area (Å²) in [5, 5.41) is 6.56. The van der Waals surface area contributed by atoms with Crippen LogP contribution in [0.3, 0.4) is 0 Å². The molecule has 154 valence electrons. The summed E-state index contributed by atoms with van der Waals surface area (Å²) in [6.45, 7) is 11.2. The van der Waals surface area contributed by atoms with Gasteiger partial charge in [0.25, 0.3) is 5.91 Å². The molecule has 2 aliphatic rings. The summed E-state index contributed by atoms with van der Waals surface area (Å²) in [6.07, 6.45) is 1.56. The van der Waals surface area contributed by atoms with Crippen molar-refractivity contribution in [3.8, 4) is 0 Å². The quantitative estimate of drug-likeness (QED) is 0.790. The van der Waals surface area contributed by atoms with Gasteiger partial charge in [-0.25, -0.2) is 0 Å². The number of rotatable bonds is 4. The fraction of sp³-hybridized carbons (Fsp3) is 0.650. The van der Waals surface area contributed by atoms with Gasteiger partial charge in [0, 0.05) is 31.2 Å². The smallest absolute Gasteiger partial charge is 0.251 e. The van der Waals surface area contributed by atoms with Gasteiger partial charge in [0.1, 0.15) is 0 Å². The van der Waals surface area contributed by atoms with Crippen LogP contribution in [0, 0.1) is 5.92 Å². The zero-order valence-electron chi connectivity index (χ0n) is 16.4. The Balaban J connectivity index is 0.00000182. The van der Waals surface area contributed by atoms with Gasteiger partial charge < -0.3 is 15.4 Å². The molecular formula is C20H33Cl2N3O2. The van der Waals surface area contributed by atoms with Gasteiger partial charge in [0.2, 0.25) is 0 Å². The first kappa shape index (κ1) is 24.2. The molecule has 2 N–H and O–H groups in total. The van der Waals surface area contributed by atoms with E-state index in [0.717, 1.165) is 44.7 Å². The van der Waals surface area contributed by atoms with Crippen molar-refractivity contribution in [1.29, 1.82) is 0 Å². The minimum Gasteiger partial charge on any atom is -0.373 e. The molecule has 2 heterocycles. The van der Waals surface area contributed by atoms with E-state index in [0.29, 0.717) is 5.92 Å². The Kier molecular flexibility index (Phi) is 10.1. The van der Waals surface area contributed by atoms with E-state index in [9.17, 15) is 4.79 Å². The van der Waals surface area contributed by atoms with Crippen LogP contribution in [0.25, 0.3) is 0 Å². The largest absolute Gasteiger partial charge is 0.373 e. The Morgan fingerprint density at radius 2 is 1.78 bits per heavy atom. The first-order valence-electron chi connectivity index (χ1n) is 9.49. The van der Waals surface area contributed by atoms with E-state index < -0.39 is 0 Å². The SMILES string of the molecule is CC1CN(Cc2ccc(C(=O)NC3CCNCC3C)cc2)CC(C)O1.Cl.Cl. The second-order valence-corrected chi connectivity index (χ2v) is 7.70. The highest BCUT2D eigenvalue weighted by molar-refractivity contribution is 5.94. The van der Waals surface area contributed by atoms with E-state index in [1.807, 2.05) is 12.1 Å². The predicted molar refractivity (Wildman–Crippen MR) is 114 cm³/mol. The maximum Gasteiger partial charge on any atom is 0.251 e. The topological polar surface area (TPSA) is 53.6 Å². The van der Waals surface area contributed by atoms with Crippen LogP contribution in [0.5, 0.6) is 0 Å². The highest BCUT2D eigenvalue weighted by atomic mass is 35.5. The third kappa shape index (κ3) is 6.91. The van der Waals surface area contributed by atoms with Gasteiger partial charge in [-0.3, -0.25) is 9.69 Å². The lowest BCUT2D eigenvalue weighted by Crippen LogP contribution is -2.48. The van der Waals surface area contributed by atoms with Crippen molar-refractivity contribution in [1.82, 2.24) is 15.5 Å². The fourth-order valence-electron chi connectivity index (χ4n) is 3.91. The number of nitrogens with one attached hydrogen (secondary N) is 2. The first-order chi connectivity index (χ1) is 12.0. The lowest BCUT2D eigenvalue weighted by Gasteiger charge is -2.35. The molecule has 0 bridgehead atoms. The number of morpholine rings is 1. The zero-order chi connectivity index (χ0) is 17.8. The van der Waals surface area contributed by atoms with Crippen LogP contribution in [0.2, 0.25) is 0 Å². The van der Waals surface area contributed by atoms with Crippen LogP contribution < -0.4 is 10.6 Å². The van der Waals surface area contributed by atoms with Crippen LogP contribution in [0.4, 0.5) is 0 Å². The number of ether oxygens (including phenoxy) is 1. The summed E-state index contributed by atoms with van der Waals surface area (Å²) >= 11 is 0. The van der Waals surface area contributed by atoms with Crippen LogP contribution >= 0.6 is 24.8 Å². The van der Waals surface area contributed by atoms with Crippen molar-refractivity contribution in [2.24, 2.45) is 5.92 Å². The van der Waals surface area contributed by atoms with Gasteiger partial charge in [-0.05, 0) is 57.0 Å². The number of halogens is 2. The van der Waals surface area contributed by atoms with Gasteiger partial charge in [0.15, 0.2) is 0 Å². The van der Waals surface area contributed by atoms with Gasteiger partial charge in [-0.15, -0.1) is 24.8 Å². The predicted octanol–water partition coefficient (Wildman–Crippen LogP) is 2.87. The number of carbonyl (C=O) groups is 1. The zero-order valence-corrected chi connectivity index (χ0v) is 18.1. The fourth-order valence-corrected chi connectivity index (χ4v) is 3.91. The van der Waals surface area contributed by atoms with Gasteiger partial charge in [0.05, 0.1) is 12.2 Å². The van der Waals surface area contributed by atoms with E-state index in [1.165, 1.54) is 5.56 Å². The highest BCUT2D eigenvalue weighted by Gasteiger charge is 2.24. The van der Waals surface area contributed by atoms with Crippen molar-refractivity contribution in [3.63, 3.8) is 0 Å². The molecule has 4 atom stereocenters. The Morgan fingerprint density at radius 3 is 2.37 bits per heavy atom. The molecule has 1 aromatic carbocycles. The number of piperidine rings is 1. The molecule has 27 heavy (non-hydrogen) atoms. The van der Waals surface area contributed by atoms with Gasteiger partial charge >= 0.3 is 0 Å². The number of benzene rings is 1. The summed E-state index contributed by atoms with van der Waals surface area (Å²) in [5.41, 5.74) is 1.99. The molecule has 0 aromatic heterocycles. The summed E-state index contributed by atoms with van der Waals surface area (Å²) < 4.78 is 5.79. The number of amides is 1. The van der Waals surface area contributed by atoms with Crippen molar-refractivity contribution in [3.05, 3.63) is 35.4 Å². The summed E-state index contributed by atoms with van der Waals surface area (Å²) in [7, 11) is 0. The Hall–Kier alpha value is -0.850. The number of hydrogen-bond donors (Lipinski definition) is 2. The lowest BCUT2D eigenvalue weighted by atomic mass is 9.95. The first-order valence-corrected chi connectivity index (χ1v) is 9.49. The summed E-state index contributed by atoms with van der Waals surface area (Å²) in [6, 6.07) is 8.31. The van der Waals surface area contributed by atoms with Crippen LogP contribution in [0.15, 0.2) is 24.3 Å². The van der Waals surface area contributed by atoms with E-state index in [-0.39, 0.29) is 49.0 Å². The van der Waals surface area contributed by atoms with E-state index in [2.05, 4.69) is 48.4 Å². The molecule has 2 fully saturated rings. The molecule has 0 aliphatic carbocycles. The Labute approximate surface area is 175 Å². The van der Waals surface area contributed by atoms with Crippen molar-refractivity contribution in [2.75, 3.05) is 26.2 Å². The maximum absolute atomic E-state index is 12.5. The summed E-state index contributed by atoms with van der Waals surface area (Å²) in [5.74, 6) is 0.515. The van der Waals surface area contributed by atoms with Crippen LogP contribution in [-0.2, 0) is 11.3 Å².